The van der Waals surface area contributed by atoms with Crippen LogP contribution in [0.2, 0.25) is 0 Å². The number of ether oxygens (including phenoxy) is 1. The van der Waals surface area contributed by atoms with Gasteiger partial charge in [0, 0.05) is 42.9 Å². The minimum Gasteiger partial charge on any atom is -0.405 e. The Kier molecular flexibility index (Phi) is 7.46. The average Bonchev–Trinajstić information content (AvgIpc) is 3.17. The van der Waals surface area contributed by atoms with E-state index in [4.69, 9.17) is 5.73 Å². The second kappa shape index (κ2) is 10.1. The molecule has 32 heavy (non-hydrogen) atoms. The molecule has 1 aliphatic rings. The molecule has 0 radical (unpaired) electrons. The molecule has 2 aromatic rings. The Hall–Kier alpha value is -2.99. The first kappa shape index (κ1) is 23.7. The molecule has 0 bridgehead atoms. The second-order valence-corrected chi connectivity index (χ2v) is 7.47. The van der Waals surface area contributed by atoms with E-state index in [2.05, 4.69) is 32.8 Å². The van der Waals surface area contributed by atoms with Gasteiger partial charge >= 0.3 is 6.36 Å². The highest BCUT2D eigenvalue weighted by molar-refractivity contribution is 7.80. The Balaban J connectivity index is 1.62. The minimum absolute atomic E-state index is 0.0786. The maximum atomic E-state index is 14.6. The molecule has 0 spiro atoms. The lowest BCUT2D eigenvalue weighted by molar-refractivity contribution is -0.274. The molecule has 1 fully saturated rings. The van der Waals surface area contributed by atoms with E-state index in [1.807, 2.05) is 0 Å². The molecule has 0 saturated carbocycles. The predicted octanol–water partition coefficient (Wildman–Crippen LogP) is 3.40. The number of thiocarbonyl (C=S) groups is 1. The fraction of sp³-hybridized carbons (Fsp3) is 0.300. The number of para-hydroxylation sites is 1. The van der Waals surface area contributed by atoms with Gasteiger partial charge in [-0.2, -0.15) is 5.10 Å². The summed E-state index contributed by atoms with van der Waals surface area (Å²) in [5.74, 6) is -1.59. The molecule has 1 heterocycles. The van der Waals surface area contributed by atoms with Gasteiger partial charge in [0.1, 0.15) is 17.4 Å². The van der Waals surface area contributed by atoms with Crippen LogP contribution in [-0.2, 0) is 6.54 Å². The molecule has 1 atom stereocenters. The van der Waals surface area contributed by atoms with Crippen LogP contribution >= 0.6 is 12.2 Å². The summed E-state index contributed by atoms with van der Waals surface area (Å²) >= 11 is 4.57. The first-order valence-corrected chi connectivity index (χ1v) is 9.93. The normalized spacial score (nSPS) is 16.5. The molecule has 172 valence electrons. The van der Waals surface area contributed by atoms with Crippen LogP contribution in [0, 0.1) is 11.6 Å². The number of anilines is 1. The Morgan fingerprint density at radius 3 is 2.72 bits per heavy atom. The number of halogens is 5. The summed E-state index contributed by atoms with van der Waals surface area (Å²) in [6, 6.07) is 7.79. The zero-order valence-electron chi connectivity index (χ0n) is 16.6. The predicted molar refractivity (Wildman–Crippen MR) is 114 cm³/mol. The van der Waals surface area contributed by atoms with Crippen LogP contribution in [0.4, 0.5) is 27.6 Å². The van der Waals surface area contributed by atoms with Crippen molar-refractivity contribution in [1.82, 2.24) is 10.7 Å². The topological polar surface area (TPSA) is 74.9 Å². The third kappa shape index (κ3) is 6.50. The van der Waals surface area contributed by atoms with Crippen LogP contribution in [-0.4, -0.2) is 36.8 Å². The Morgan fingerprint density at radius 2 is 2.00 bits per heavy atom. The summed E-state index contributed by atoms with van der Waals surface area (Å²) in [6.45, 7) is 0.938. The summed E-state index contributed by atoms with van der Waals surface area (Å²) < 4.78 is 70.7. The standard InChI is InChI=1S/C20H20F5N5OS/c21-15-8-17(16(22)7-13(15)10-28-29-19(26)32)30-6-5-14(11-30)27-9-12-3-1-2-4-18(12)31-20(23,24)25/h1-4,7-8,10,14,27H,5-6,9,11H2,(H3,26,29,32)/t14-/m1/s1. The molecule has 0 aromatic heterocycles. The number of hydrogen-bond acceptors (Lipinski definition) is 5. The van der Waals surface area contributed by atoms with E-state index in [0.717, 1.165) is 18.3 Å². The Bertz CT molecular complexity index is 1000. The lowest BCUT2D eigenvalue weighted by Crippen LogP contribution is -2.32. The lowest BCUT2D eigenvalue weighted by Gasteiger charge is -2.21. The van der Waals surface area contributed by atoms with Crippen molar-refractivity contribution in [3.8, 4) is 5.75 Å². The van der Waals surface area contributed by atoms with Crippen molar-refractivity contribution in [1.29, 1.82) is 0 Å². The fourth-order valence-electron chi connectivity index (χ4n) is 3.33. The summed E-state index contributed by atoms with van der Waals surface area (Å²) in [5, 5.41) is 6.65. The molecule has 1 aliphatic heterocycles. The van der Waals surface area contributed by atoms with Crippen molar-refractivity contribution in [2.75, 3.05) is 18.0 Å². The van der Waals surface area contributed by atoms with Crippen molar-refractivity contribution >= 4 is 29.2 Å². The molecule has 0 unspecified atom stereocenters. The van der Waals surface area contributed by atoms with Gasteiger partial charge in [-0.05, 0) is 30.8 Å². The summed E-state index contributed by atoms with van der Waals surface area (Å²) in [4.78, 5) is 1.67. The van der Waals surface area contributed by atoms with Gasteiger partial charge in [-0.3, -0.25) is 5.43 Å². The molecule has 3 rings (SSSR count). The maximum Gasteiger partial charge on any atom is 0.573 e. The smallest absolute Gasteiger partial charge is 0.405 e. The number of hydrogen-bond donors (Lipinski definition) is 3. The third-order valence-corrected chi connectivity index (χ3v) is 4.84. The highest BCUT2D eigenvalue weighted by atomic mass is 32.1. The largest absolute Gasteiger partial charge is 0.573 e. The first-order valence-electron chi connectivity index (χ1n) is 9.52. The van der Waals surface area contributed by atoms with Crippen LogP contribution in [0.5, 0.6) is 5.75 Å². The van der Waals surface area contributed by atoms with Crippen LogP contribution in [0.15, 0.2) is 41.5 Å². The molecule has 1 saturated heterocycles. The van der Waals surface area contributed by atoms with Gasteiger partial charge in [-0.15, -0.1) is 13.2 Å². The molecule has 6 nitrogen and oxygen atoms in total. The minimum atomic E-state index is -4.79. The summed E-state index contributed by atoms with van der Waals surface area (Å²) in [5.41, 5.74) is 7.82. The number of rotatable bonds is 7. The van der Waals surface area contributed by atoms with Crippen LogP contribution in [0.25, 0.3) is 0 Å². The number of nitrogens with two attached hydrogens (primary N) is 1. The van der Waals surface area contributed by atoms with Gasteiger partial charge < -0.3 is 20.7 Å². The zero-order valence-corrected chi connectivity index (χ0v) is 17.4. The van der Waals surface area contributed by atoms with Crippen molar-refractivity contribution in [3.63, 3.8) is 0 Å². The van der Waals surface area contributed by atoms with Gasteiger partial charge in [-0.25, -0.2) is 8.78 Å². The Labute approximate surface area is 186 Å². The molecular formula is C20H20F5N5OS. The van der Waals surface area contributed by atoms with E-state index < -0.39 is 18.0 Å². The average molecular weight is 473 g/mol. The van der Waals surface area contributed by atoms with E-state index in [1.54, 1.807) is 11.0 Å². The molecular weight excluding hydrogens is 453 g/mol. The van der Waals surface area contributed by atoms with Crippen molar-refractivity contribution in [2.45, 2.75) is 25.4 Å². The molecule has 4 N–H and O–H groups in total. The second-order valence-electron chi connectivity index (χ2n) is 7.03. The summed E-state index contributed by atoms with van der Waals surface area (Å²) in [6.07, 6.45) is -3.12. The monoisotopic (exact) mass is 473 g/mol. The van der Waals surface area contributed by atoms with Gasteiger partial charge in [0.25, 0.3) is 0 Å². The van der Waals surface area contributed by atoms with Crippen molar-refractivity contribution < 1.29 is 26.7 Å². The SMILES string of the molecule is NC(=S)NN=Cc1cc(F)c(N2CC[C@@H](NCc3ccccc3OC(F)(F)F)C2)cc1F. The summed E-state index contributed by atoms with van der Waals surface area (Å²) in [7, 11) is 0. The van der Waals surface area contributed by atoms with Crippen molar-refractivity contribution in [3.05, 3.63) is 59.2 Å². The van der Waals surface area contributed by atoms with Gasteiger partial charge in [-0.1, -0.05) is 18.2 Å². The van der Waals surface area contributed by atoms with Crippen LogP contribution in [0.1, 0.15) is 17.5 Å². The quantitative estimate of drug-likeness (QED) is 0.248. The highest BCUT2D eigenvalue weighted by Crippen LogP contribution is 2.28. The lowest BCUT2D eigenvalue weighted by atomic mass is 10.1. The molecule has 2 aromatic carbocycles. The van der Waals surface area contributed by atoms with E-state index in [9.17, 15) is 22.0 Å². The van der Waals surface area contributed by atoms with Gasteiger partial charge in [0.15, 0.2) is 5.11 Å². The number of benzene rings is 2. The van der Waals surface area contributed by atoms with Crippen LogP contribution < -0.4 is 26.1 Å². The number of alkyl halides is 3. The van der Waals surface area contributed by atoms with Crippen molar-refractivity contribution in [2.24, 2.45) is 10.8 Å². The number of hydrazone groups is 1. The van der Waals surface area contributed by atoms with Crippen LogP contribution in [0.3, 0.4) is 0 Å². The van der Waals surface area contributed by atoms with Gasteiger partial charge in [0.2, 0.25) is 0 Å². The van der Waals surface area contributed by atoms with E-state index in [1.165, 1.54) is 18.2 Å². The fourth-order valence-corrected chi connectivity index (χ4v) is 3.39. The molecule has 12 heteroatoms. The first-order chi connectivity index (χ1) is 15.1. The molecule has 0 amide bonds. The maximum absolute atomic E-state index is 14.6. The van der Waals surface area contributed by atoms with E-state index in [0.29, 0.717) is 25.1 Å². The zero-order chi connectivity index (χ0) is 23.3. The van der Waals surface area contributed by atoms with E-state index in [-0.39, 0.29) is 34.7 Å². The molecule has 0 aliphatic carbocycles. The number of nitrogens with zero attached hydrogens (tertiary/aromatic N) is 2. The Morgan fingerprint density at radius 1 is 1.25 bits per heavy atom. The highest BCUT2D eigenvalue weighted by Gasteiger charge is 2.32. The third-order valence-electron chi connectivity index (χ3n) is 4.75. The van der Waals surface area contributed by atoms with E-state index >= 15 is 0 Å². The number of nitrogens with one attached hydrogen (secondary N) is 2. The van der Waals surface area contributed by atoms with Gasteiger partial charge in [0.05, 0.1) is 11.9 Å².